The molecular formula is C20H17N3O3. The maximum atomic E-state index is 12.5. The van der Waals surface area contributed by atoms with Gasteiger partial charge < -0.3 is 4.42 Å². The highest BCUT2D eigenvalue weighted by Crippen LogP contribution is 2.32. The Morgan fingerprint density at radius 2 is 2.00 bits per heavy atom. The Morgan fingerprint density at radius 3 is 2.73 bits per heavy atom. The minimum Gasteiger partial charge on any atom is -0.459 e. The minimum atomic E-state index is -0.424. The van der Waals surface area contributed by atoms with Crippen molar-refractivity contribution in [2.45, 2.75) is 25.7 Å². The molecule has 3 aromatic rings. The molecule has 6 nitrogen and oxygen atoms in total. The van der Waals surface area contributed by atoms with Gasteiger partial charge in [0.15, 0.2) is 11.5 Å². The number of nitrogens with one attached hydrogen (secondary N) is 1. The number of benzene rings is 1. The lowest BCUT2D eigenvalue weighted by Crippen LogP contribution is -2.22. The molecule has 6 heteroatoms. The van der Waals surface area contributed by atoms with Gasteiger partial charge in [0.2, 0.25) is 5.95 Å². The van der Waals surface area contributed by atoms with Crippen LogP contribution in [-0.4, -0.2) is 21.7 Å². The number of hydrogen-bond acceptors (Lipinski definition) is 5. The molecule has 2 aromatic heterocycles. The van der Waals surface area contributed by atoms with Crippen molar-refractivity contribution >= 4 is 17.6 Å². The van der Waals surface area contributed by atoms with Gasteiger partial charge in [-0.15, -0.1) is 0 Å². The molecule has 1 atom stereocenters. The minimum absolute atomic E-state index is 0.0285. The summed E-state index contributed by atoms with van der Waals surface area (Å²) in [6, 6.07) is 11.4. The molecular weight excluding hydrogens is 330 g/mol. The molecule has 0 spiro atoms. The standard InChI is InChI=1S/C20H17N3O3/c1-12-4-6-13(7-5-12)14-9-16-15(17(24)10-14)11-21-20(22-16)23-19(25)18-3-2-8-26-18/h2-8,11,14H,9-10H2,1H3,(H,21,22,23,25)/t14-/m0/s1. The van der Waals surface area contributed by atoms with Crippen molar-refractivity contribution in [1.82, 2.24) is 9.97 Å². The van der Waals surface area contributed by atoms with Crippen LogP contribution in [0.5, 0.6) is 0 Å². The second kappa shape index (κ2) is 6.55. The first-order chi connectivity index (χ1) is 12.6. The number of anilines is 1. The van der Waals surface area contributed by atoms with E-state index >= 15 is 0 Å². The molecule has 0 bridgehead atoms. The first kappa shape index (κ1) is 16.2. The number of carbonyl (C=O) groups is 2. The van der Waals surface area contributed by atoms with Crippen LogP contribution in [-0.2, 0) is 6.42 Å². The van der Waals surface area contributed by atoms with E-state index in [1.807, 2.05) is 19.1 Å². The maximum absolute atomic E-state index is 12.5. The zero-order valence-electron chi connectivity index (χ0n) is 14.2. The highest BCUT2D eigenvalue weighted by Gasteiger charge is 2.28. The SMILES string of the molecule is Cc1ccc([C@@H]2CC(=O)c3cnc(NC(=O)c4ccco4)nc3C2)cc1. The number of Topliss-reactive ketones (excluding diaryl/α,β-unsaturated/α-hetero) is 1. The van der Waals surface area contributed by atoms with Crippen molar-refractivity contribution in [3.05, 3.63) is 77.0 Å². The quantitative estimate of drug-likeness (QED) is 0.783. The van der Waals surface area contributed by atoms with Gasteiger partial charge in [0, 0.05) is 12.6 Å². The normalized spacial score (nSPS) is 16.2. The summed E-state index contributed by atoms with van der Waals surface area (Å²) in [5.74, 6) is 0.0365. The van der Waals surface area contributed by atoms with Gasteiger partial charge in [-0.25, -0.2) is 9.97 Å². The highest BCUT2D eigenvalue weighted by molar-refractivity contribution is 6.02. The van der Waals surface area contributed by atoms with Crippen LogP contribution in [0.15, 0.2) is 53.3 Å². The van der Waals surface area contributed by atoms with Crippen LogP contribution in [0.1, 0.15) is 50.1 Å². The lowest BCUT2D eigenvalue weighted by Gasteiger charge is -2.23. The van der Waals surface area contributed by atoms with Crippen molar-refractivity contribution < 1.29 is 14.0 Å². The van der Waals surface area contributed by atoms with E-state index in [0.717, 1.165) is 5.56 Å². The van der Waals surface area contributed by atoms with Crippen molar-refractivity contribution in [1.29, 1.82) is 0 Å². The van der Waals surface area contributed by atoms with Gasteiger partial charge in [-0.05, 0) is 37.0 Å². The Hall–Kier alpha value is -3.28. The summed E-state index contributed by atoms with van der Waals surface area (Å²) in [4.78, 5) is 33.0. The van der Waals surface area contributed by atoms with Gasteiger partial charge in [-0.2, -0.15) is 0 Å². The summed E-state index contributed by atoms with van der Waals surface area (Å²) in [5.41, 5.74) is 3.50. The number of furan rings is 1. The van der Waals surface area contributed by atoms with Crippen molar-refractivity contribution in [3.63, 3.8) is 0 Å². The van der Waals surface area contributed by atoms with Crippen LogP contribution in [0.4, 0.5) is 5.95 Å². The predicted octanol–water partition coefficient (Wildman–Crippen LogP) is 3.54. The number of aromatic nitrogens is 2. The molecule has 130 valence electrons. The van der Waals surface area contributed by atoms with Gasteiger partial charge in [-0.1, -0.05) is 29.8 Å². The molecule has 0 saturated heterocycles. The number of hydrogen-bond donors (Lipinski definition) is 1. The lowest BCUT2D eigenvalue weighted by molar-refractivity contribution is 0.0962. The first-order valence-corrected chi connectivity index (χ1v) is 8.40. The van der Waals surface area contributed by atoms with Crippen LogP contribution in [0.2, 0.25) is 0 Å². The third-order valence-electron chi connectivity index (χ3n) is 4.56. The van der Waals surface area contributed by atoms with Crippen LogP contribution < -0.4 is 5.32 Å². The first-order valence-electron chi connectivity index (χ1n) is 8.40. The molecule has 1 aliphatic rings. The Kier molecular flexibility index (Phi) is 4.08. The second-order valence-electron chi connectivity index (χ2n) is 6.42. The van der Waals surface area contributed by atoms with Crippen LogP contribution in [0.3, 0.4) is 0 Å². The van der Waals surface area contributed by atoms with Gasteiger partial charge in [0.25, 0.3) is 5.91 Å². The molecule has 2 heterocycles. The molecule has 1 amide bonds. The van der Waals surface area contributed by atoms with E-state index in [9.17, 15) is 9.59 Å². The lowest BCUT2D eigenvalue weighted by atomic mass is 9.82. The monoisotopic (exact) mass is 347 g/mol. The van der Waals surface area contributed by atoms with E-state index in [1.165, 1.54) is 18.0 Å². The molecule has 0 aliphatic heterocycles. The van der Waals surface area contributed by atoms with Crippen LogP contribution in [0, 0.1) is 6.92 Å². The molecule has 1 aromatic carbocycles. The summed E-state index contributed by atoms with van der Waals surface area (Å²) in [7, 11) is 0. The third kappa shape index (κ3) is 3.13. The fourth-order valence-corrected chi connectivity index (χ4v) is 3.15. The van der Waals surface area contributed by atoms with Gasteiger partial charge >= 0.3 is 0 Å². The van der Waals surface area contributed by atoms with E-state index in [0.29, 0.717) is 24.1 Å². The Balaban J connectivity index is 1.58. The third-order valence-corrected chi connectivity index (χ3v) is 4.56. The van der Waals surface area contributed by atoms with Crippen molar-refractivity contribution in [3.8, 4) is 0 Å². The number of aryl methyl sites for hydroxylation is 1. The summed E-state index contributed by atoms with van der Waals surface area (Å²) >= 11 is 0. The summed E-state index contributed by atoms with van der Waals surface area (Å²) in [6.45, 7) is 2.03. The maximum Gasteiger partial charge on any atom is 0.293 e. The van der Waals surface area contributed by atoms with Gasteiger partial charge in [0.05, 0.1) is 17.5 Å². The summed E-state index contributed by atoms with van der Waals surface area (Å²) in [5, 5.41) is 2.61. The molecule has 1 aliphatic carbocycles. The number of rotatable bonds is 3. The topological polar surface area (TPSA) is 85.1 Å². The number of amides is 1. The molecule has 26 heavy (non-hydrogen) atoms. The summed E-state index contributed by atoms with van der Waals surface area (Å²) in [6.07, 6.45) is 4.00. The number of nitrogens with zero attached hydrogens (tertiary/aromatic N) is 2. The second-order valence-corrected chi connectivity index (χ2v) is 6.42. The predicted molar refractivity (Wildman–Crippen MR) is 95.3 cm³/mol. The average molecular weight is 347 g/mol. The van der Waals surface area contributed by atoms with E-state index in [2.05, 4.69) is 27.4 Å². The number of fused-ring (bicyclic) bond motifs is 1. The average Bonchev–Trinajstić information content (AvgIpc) is 3.17. The molecule has 0 fully saturated rings. The van der Waals surface area contributed by atoms with E-state index in [1.54, 1.807) is 12.1 Å². The summed E-state index contributed by atoms with van der Waals surface area (Å²) < 4.78 is 5.06. The Bertz CT molecular complexity index is 962. The molecule has 0 radical (unpaired) electrons. The fraction of sp³-hybridized carbons (Fsp3) is 0.200. The largest absolute Gasteiger partial charge is 0.459 e. The van der Waals surface area contributed by atoms with E-state index < -0.39 is 5.91 Å². The Morgan fingerprint density at radius 1 is 1.19 bits per heavy atom. The smallest absolute Gasteiger partial charge is 0.293 e. The van der Waals surface area contributed by atoms with Crippen molar-refractivity contribution in [2.75, 3.05) is 5.32 Å². The van der Waals surface area contributed by atoms with Gasteiger partial charge in [-0.3, -0.25) is 14.9 Å². The number of ketones is 1. The molecule has 0 saturated carbocycles. The zero-order chi connectivity index (χ0) is 18.1. The van der Waals surface area contributed by atoms with E-state index in [4.69, 9.17) is 4.42 Å². The van der Waals surface area contributed by atoms with Crippen LogP contribution >= 0.6 is 0 Å². The molecule has 0 unspecified atom stereocenters. The van der Waals surface area contributed by atoms with E-state index in [-0.39, 0.29) is 23.4 Å². The fourth-order valence-electron chi connectivity index (χ4n) is 3.15. The molecule has 4 rings (SSSR count). The highest BCUT2D eigenvalue weighted by atomic mass is 16.3. The molecule has 1 N–H and O–H groups in total. The number of carbonyl (C=O) groups excluding carboxylic acids is 2. The Labute approximate surface area is 150 Å². The van der Waals surface area contributed by atoms with Gasteiger partial charge in [0.1, 0.15) is 0 Å². The zero-order valence-corrected chi connectivity index (χ0v) is 14.2. The van der Waals surface area contributed by atoms with Crippen molar-refractivity contribution in [2.24, 2.45) is 0 Å². The van der Waals surface area contributed by atoms with Crippen LogP contribution in [0.25, 0.3) is 0 Å².